The molecule has 5 rings (SSSR count). The summed E-state index contributed by atoms with van der Waals surface area (Å²) in [5.41, 5.74) is 3.99. The summed E-state index contributed by atoms with van der Waals surface area (Å²) in [7, 11) is -2.65. The lowest BCUT2D eigenvalue weighted by atomic mass is 9.94. The van der Waals surface area contributed by atoms with Crippen LogP contribution in [0.2, 0.25) is 0 Å². The van der Waals surface area contributed by atoms with Crippen LogP contribution < -0.4 is 14.4 Å². The van der Waals surface area contributed by atoms with Crippen molar-refractivity contribution < 1.29 is 22.7 Å². The number of methoxy groups -OCH3 is 1. The van der Waals surface area contributed by atoms with Crippen molar-refractivity contribution in [2.45, 2.75) is 75.9 Å². The number of carbonyl (C=O) groups is 2. The molecule has 48 heavy (non-hydrogen) atoms. The van der Waals surface area contributed by atoms with Crippen LogP contribution in [-0.4, -0.2) is 50.9 Å². The Hall–Kier alpha value is -4.63. The van der Waals surface area contributed by atoms with E-state index in [1.165, 1.54) is 7.11 Å². The van der Waals surface area contributed by atoms with E-state index in [2.05, 4.69) is 5.32 Å². The monoisotopic (exact) mass is 667 g/mol. The Labute approximate surface area is 284 Å². The van der Waals surface area contributed by atoms with Gasteiger partial charge in [-0.25, -0.2) is 8.42 Å². The molecule has 1 N–H and O–H groups in total. The highest BCUT2D eigenvalue weighted by Gasteiger charge is 2.35. The van der Waals surface area contributed by atoms with Crippen molar-refractivity contribution in [3.05, 3.63) is 125 Å². The molecule has 0 heterocycles. The lowest BCUT2D eigenvalue weighted by molar-refractivity contribution is -0.140. The first-order valence-corrected chi connectivity index (χ1v) is 18.0. The van der Waals surface area contributed by atoms with Crippen LogP contribution in [-0.2, 0) is 32.6 Å². The lowest BCUT2D eigenvalue weighted by Crippen LogP contribution is -2.55. The highest BCUT2D eigenvalue weighted by molar-refractivity contribution is 7.92. The van der Waals surface area contributed by atoms with Gasteiger partial charge < -0.3 is 15.0 Å². The van der Waals surface area contributed by atoms with Gasteiger partial charge in [-0.1, -0.05) is 91.6 Å². The van der Waals surface area contributed by atoms with Gasteiger partial charge in [0.05, 0.1) is 17.7 Å². The van der Waals surface area contributed by atoms with Crippen LogP contribution in [0.4, 0.5) is 5.69 Å². The largest absolute Gasteiger partial charge is 0.497 e. The Morgan fingerprint density at radius 1 is 0.833 bits per heavy atom. The zero-order chi connectivity index (χ0) is 34.1. The van der Waals surface area contributed by atoms with E-state index in [-0.39, 0.29) is 29.8 Å². The third-order valence-electron chi connectivity index (χ3n) is 9.07. The molecule has 1 unspecified atom stereocenters. The fourth-order valence-corrected chi connectivity index (χ4v) is 7.60. The second kappa shape index (κ2) is 16.0. The Morgan fingerprint density at radius 2 is 1.48 bits per heavy atom. The molecule has 0 saturated heterocycles. The van der Waals surface area contributed by atoms with Crippen LogP contribution in [0.5, 0.6) is 5.75 Å². The average molecular weight is 668 g/mol. The summed E-state index contributed by atoms with van der Waals surface area (Å²) < 4.78 is 35.0. The molecule has 1 saturated carbocycles. The van der Waals surface area contributed by atoms with Gasteiger partial charge >= 0.3 is 0 Å². The number of amides is 2. The molecule has 9 heteroatoms. The topological polar surface area (TPSA) is 96.0 Å². The number of rotatable bonds is 13. The lowest BCUT2D eigenvalue weighted by Gasteiger charge is -2.35. The average Bonchev–Trinajstić information content (AvgIpc) is 3.10. The number of carbonyl (C=O) groups excluding carboxylic acids is 2. The third kappa shape index (κ3) is 8.63. The Bertz CT molecular complexity index is 1770. The molecule has 8 nitrogen and oxygen atoms in total. The number of anilines is 1. The van der Waals surface area contributed by atoms with Gasteiger partial charge in [0.1, 0.15) is 18.3 Å². The molecular weight excluding hydrogens is 623 g/mol. The van der Waals surface area contributed by atoms with Gasteiger partial charge in [-0.15, -0.1) is 0 Å². The van der Waals surface area contributed by atoms with E-state index in [1.807, 2.05) is 68.4 Å². The van der Waals surface area contributed by atoms with Crippen molar-refractivity contribution in [3.8, 4) is 5.75 Å². The molecule has 1 aliphatic carbocycles. The molecule has 0 spiro atoms. The number of aryl methyl sites for hydroxylation is 2. The summed E-state index contributed by atoms with van der Waals surface area (Å²) in [6.07, 6.45) is 5.32. The smallest absolute Gasteiger partial charge is 0.264 e. The number of nitrogens with zero attached hydrogens (tertiary/aromatic N) is 2. The molecule has 4 aromatic rings. The molecule has 0 radical (unpaired) electrons. The van der Waals surface area contributed by atoms with Crippen molar-refractivity contribution in [2.75, 3.05) is 18.0 Å². The summed E-state index contributed by atoms with van der Waals surface area (Å²) in [4.78, 5) is 30.6. The zero-order valence-corrected chi connectivity index (χ0v) is 28.8. The first-order valence-electron chi connectivity index (χ1n) is 16.6. The summed E-state index contributed by atoms with van der Waals surface area (Å²) in [6.45, 7) is 3.49. The Kier molecular flexibility index (Phi) is 11.5. The predicted octanol–water partition coefficient (Wildman–Crippen LogP) is 6.60. The maximum Gasteiger partial charge on any atom is 0.264 e. The maximum atomic E-state index is 14.7. The molecule has 1 aliphatic rings. The van der Waals surface area contributed by atoms with Crippen LogP contribution in [0.25, 0.3) is 0 Å². The molecule has 4 aromatic carbocycles. The predicted molar refractivity (Wildman–Crippen MR) is 189 cm³/mol. The summed E-state index contributed by atoms with van der Waals surface area (Å²) >= 11 is 0. The van der Waals surface area contributed by atoms with Gasteiger partial charge in [0.15, 0.2) is 0 Å². The normalized spacial score (nSPS) is 14.1. The van der Waals surface area contributed by atoms with Gasteiger partial charge in [-0.2, -0.15) is 0 Å². The molecule has 2 amide bonds. The van der Waals surface area contributed by atoms with E-state index < -0.39 is 28.5 Å². The standard InChI is InChI=1S/C39H45N3O5S/c1-29-18-24-36(25-19-29)48(45,46)42(34-20-22-35(47-3)23-21-34)28-38(43)41(27-32-15-11-10-12-30(32)2)37(26-31-13-6-4-7-14-31)39(44)40-33-16-8-5-9-17-33/h4,6-7,10-15,18-25,33,37H,5,8-9,16-17,26-28H2,1-3H3,(H,40,44). The third-order valence-corrected chi connectivity index (χ3v) is 10.9. The van der Waals surface area contributed by atoms with Crippen molar-refractivity contribution >= 4 is 27.5 Å². The van der Waals surface area contributed by atoms with Crippen molar-refractivity contribution in [1.29, 1.82) is 0 Å². The first kappa shape index (κ1) is 34.7. The van der Waals surface area contributed by atoms with Gasteiger partial charge in [0, 0.05) is 19.0 Å². The number of sulfonamides is 1. The molecular formula is C39H45N3O5S. The minimum Gasteiger partial charge on any atom is -0.497 e. The molecule has 252 valence electrons. The van der Waals surface area contributed by atoms with Crippen molar-refractivity contribution in [1.82, 2.24) is 10.2 Å². The number of ether oxygens (including phenoxy) is 1. The number of hydrogen-bond acceptors (Lipinski definition) is 5. The van der Waals surface area contributed by atoms with Gasteiger partial charge in [0.2, 0.25) is 11.8 Å². The maximum absolute atomic E-state index is 14.7. The van der Waals surface area contributed by atoms with Gasteiger partial charge in [-0.05, 0) is 79.8 Å². The number of nitrogens with one attached hydrogen (secondary N) is 1. The Morgan fingerprint density at radius 3 is 2.12 bits per heavy atom. The van der Waals surface area contributed by atoms with E-state index in [1.54, 1.807) is 53.4 Å². The molecule has 0 bridgehead atoms. The minimum absolute atomic E-state index is 0.0395. The van der Waals surface area contributed by atoms with E-state index in [4.69, 9.17) is 4.74 Å². The van der Waals surface area contributed by atoms with E-state index in [0.717, 1.165) is 58.7 Å². The van der Waals surface area contributed by atoms with E-state index in [9.17, 15) is 18.0 Å². The number of hydrogen-bond donors (Lipinski definition) is 1. The van der Waals surface area contributed by atoms with Crippen LogP contribution in [0.15, 0.2) is 108 Å². The van der Waals surface area contributed by atoms with Crippen molar-refractivity contribution in [3.63, 3.8) is 0 Å². The molecule has 1 atom stereocenters. The molecule has 1 fully saturated rings. The van der Waals surface area contributed by atoms with Crippen molar-refractivity contribution in [2.24, 2.45) is 0 Å². The fraction of sp³-hybridized carbons (Fsp3) is 0.333. The molecule has 0 aliphatic heterocycles. The second-order valence-corrected chi connectivity index (χ2v) is 14.4. The fourth-order valence-electron chi connectivity index (χ4n) is 6.18. The minimum atomic E-state index is -4.18. The summed E-state index contributed by atoms with van der Waals surface area (Å²) in [6, 6.07) is 29.7. The second-order valence-electron chi connectivity index (χ2n) is 12.5. The summed E-state index contributed by atoms with van der Waals surface area (Å²) in [5.74, 6) is -0.157. The zero-order valence-electron chi connectivity index (χ0n) is 28.0. The van der Waals surface area contributed by atoms with Crippen LogP contribution >= 0.6 is 0 Å². The number of benzene rings is 4. The first-order chi connectivity index (χ1) is 23.2. The van der Waals surface area contributed by atoms with Crippen LogP contribution in [0, 0.1) is 13.8 Å². The SMILES string of the molecule is COc1ccc(N(CC(=O)N(Cc2ccccc2C)C(Cc2ccccc2)C(=O)NC2CCCCC2)S(=O)(=O)c2ccc(C)cc2)cc1. The van der Waals surface area contributed by atoms with E-state index >= 15 is 0 Å². The Balaban J connectivity index is 1.57. The highest BCUT2D eigenvalue weighted by atomic mass is 32.2. The summed E-state index contributed by atoms with van der Waals surface area (Å²) in [5, 5.41) is 3.26. The molecule has 0 aromatic heterocycles. The highest BCUT2D eigenvalue weighted by Crippen LogP contribution is 2.28. The van der Waals surface area contributed by atoms with Gasteiger partial charge in [0.25, 0.3) is 10.0 Å². The quantitative estimate of drug-likeness (QED) is 0.174. The van der Waals surface area contributed by atoms with Gasteiger partial charge in [-0.3, -0.25) is 13.9 Å². The van der Waals surface area contributed by atoms with Crippen LogP contribution in [0.3, 0.4) is 0 Å². The van der Waals surface area contributed by atoms with Crippen LogP contribution in [0.1, 0.15) is 54.4 Å². The van der Waals surface area contributed by atoms with E-state index in [0.29, 0.717) is 11.4 Å².